The second-order valence-electron chi connectivity index (χ2n) is 7.69. The number of fused-ring (bicyclic) bond motifs is 3. The van der Waals surface area contributed by atoms with Gasteiger partial charge in [0.25, 0.3) is 5.91 Å². The summed E-state index contributed by atoms with van der Waals surface area (Å²) in [6.07, 6.45) is 0.375. The number of methoxy groups -OCH3 is 1. The fraction of sp³-hybridized carbons (Fsp3) is 0.240. The lowest BCUT2D eigenvalue weighted by Gasteiger charge is -2.18. The summed E-state index contributed by atoms with van der Waals surface area (Å²) in [4.78, 5) is 33.8. The predicted octanol–water partition coefficient (Wildman–Crippen LogP) is 3.13. The first kappa shape index (κ1) is 21.5. The van der Waals surface area contributed by atoms with E-state index in [0.29, 0.717) is 19.6 Å². The molecular weight excluding hydrogens is 404 g/mol. The molecule has 7 nitrogen and oxygen atoms in total. The first-order valence-corrected chi connectivity index (χ1v) is 10.6. The molecule has 7 heteroatoms. The molecule has 0 bridgehead atoms. The fourth-order valence-corrected chi connectivity index (χ4v) is 3.81. The number of carbonyl (C=O) groups is 2. The van der Waals surface area contributed by atoms with Crippen LogP contribution in [0.5, 0.6) is 0 Å². The van der Waals surface area contributed by atoms with Crippen LogP contribution >= 0.6 is 0 Å². The summed E-state index contributed by atoms with van der Waals surface area (Å²) in [6.45, 7) is 2.64. The third-order valence-electron chi connectivity index (χ3n) is 5.42. The van der Waals surface area contributed by atoms with Crippen LogP contribution in [0, 0.1) is 6.92 Å². The number of aryl methyl sites for hydroxylation is 1. The Bertz CT molecular complexity index is 1250. The lowest BCUT2D eigenvalue weighted by molar-refractivity contribution is -0.123. The number of H-pyrrole nitrogens is 1. The topological polar surface area (TPSA) is 96.1 Å². The number of aromatic nitrogens is 2. The van der Waals surface area contributed by atoms with Gasteiger partial charge in [-0.25, -0.2) is 4.98 Å². The van der Waals surface area contributed by atoms with Crippen LogP contribution in [0.25, 0.3) is 21.8 Å². The lowest BCUT2D eigenvalue weighted by Crippen LogP contribution is -2.48. The van der Waals surface area contributed by atoms with Gasteiger partial charge in [-0.15, -0.1) is 0 Å². The highest BCUT2D eigenvalue weighted by Gasteiger charge is 2.23. The number of benzene rings is 2. The Labute approximate surface area is 186 Å². The Balaban J connectivity index is 1.61. The highest BCUT2D eigenvalue weighted by atomic mass is 16.5. The summed E-state index contributed by atoms with van der Waals surface area (Å²) in [7, 11) is 1.57. The van der Waals surface area contributed by atoms with E-state index in [1.54, 1.807) is 13.2 Å². The molecule has 0 spiro atoms. The molecule has 4 rings (SSSR count). The van der Waals surface area contributed by atoms with Gasteiger partial charge >= 0.3 is 0 Å². The molecule has 0 saturated carbocycles. The van der Waals surface area contributed by atoms with Crippen molar-refractivity contribution in [2.24, 2.45) is 0 Å². The number of pyridine rings is 1. The number of hydrogen-bond acceptors (Lipinski definition) is 4. The third kappa shape index (κ3) is 4.63. The van der Waals surface area contributed by atoms with E-state index in [-0.39, 0.29) is 17.5 Å². The summed E-state index contributed by atoms with van der Waals surface area (Å²) >= 11 is 0. The number of rotatable bonds is 8. The third-order valence-corrected chi connectivity index (χ3v) is 5.42. The van der Waals surface area contributed by atoms with Gasteiger partial charge in [0.05, 0.1) is 17.8 Å². The number of amides is 2. The normalized spacial score (nSPS) is 12.1. The van der Waals surface area contributed by atoms with Crippen LogP contribution in [-0.2, 0) is 16.0 Å². The van der Waals surface area contributed by atoms with Crippen molar-refractivity contribution in [1.82, 2.24) is 20.6 Å². The van der Waals surface area contributed by atoms with Crippen LogP contribution in [0.1, 0.15) is 21.7 Å². The molecule has 3 N–H and O–H groups in total. The van der Waals surface area contributed by atoms with Crippen LogP contribution in [0.2, 0.25) is 0 Å². The molecule has 2 amide bonds. The van der Waals surface area contributed by atoms with Crippen LogP contribution in [-0.4, -0.2) is 48.1 Å². The molecule has 1 atom stereocenters. The van der Waals surface area contributed by atoms with E-state index < -0.39 is 6.04 Å². The van der Waals surface area contributed by atoms with E-state index in [9.17, 15) is 9.59 Å². The number of ether oxygens (including phenoxy) is 1. The summed E-state index contributed by atoms with van der Waals surface area (Å²) in [5.41, 5.74) is 3.86. The number of hydrogen-bond donors (Lipinski definition) is 3. The van der Waals surface area contributed by atoms with Crippen molar-refractivity contribution in [2.45, 2.75) is 19.4 Å². The average Bonchev–Trinajstić information content (AvgIpc) is 3.19. The van der Waals surface area contributed by atoms with E-state index in [0.717, 1.165) is 33.1 Å². The molecule has 32 heavy (non-hydrogen) atoms. The predicted molar refractivity (Wildman–Crippen MR) is 125 cm³/mol. The molecule has 2 aromatic carbocycles. The maximum atomic E-state index is 13.1. The molecule has 2 aromatic heterocycles. The number of para-hydroxylation sites is 1. The van der Waals surface area contributed by atoms with Crippen molar-refractivity contribution in [3.8, 4) is 0 Å². The Morgan fingerprint density at radius 1 is 1.06 bits per heavy atom. The first-order valence-electron chi connectivity index (χ1n) is 10.6. The second kappa shape index (κ2) is 9.62. The van der Waals surface area contributed by atoms with E-state index in [4.69, 9.17) is 4.74 Å². The standard InChI is InChI=1S/C25H26N4O3/c1-16-23-19(18-10-6-7-11-20(18)28-23)15-22(27-16)25(31)29-21(24(30)26-12-13-32-2)14-17-8-4-3-5-9-17/h3-11,15,21,28H,12-14H2,1-2H3,(H,26,30)(H,29,31). The van der Waals surface area contributed by atoms with Gasteiger partial charge in [-0.05, 0) is 24.6 Å². The molecule has 0 aliphatic heterocycles. The molecule has 1 unspecified atom stereocenters. The minimum atomic E-state index is -0.734. The van der Waals surface area contributed by atoms with Crippen molar-refractivity contribution in [3.63, 3.8) is 0 Å². The Kier molecular flexibility index (Phi) is 6.47. The quantitative estimate of drug-likeness (QED) is 0.374. The van der Waals surface area contributed by atoms with Crippen molar-refractivity contribution in [3.05, 3.63) is 77.6 Å². The Morgan fingerprint density at radius 2 is 1.81 bits per heavy atom. The van der Waals surface area contributed by atoms with E-state index >= 15 is 0 Å². The summed E-state index contributed by atoms with van der Waals surface area (Å²) in [5.74, 6) is -0.646. The maximum Gasteiger partial charge on any atom is 0.270 e. The number of nitrogens with zero attached hydrogens (tertiary/aromatic N) is 1. The molecule has 0 aliphatic rings. The van der Waals surface area contributed by atoms with Gasteiger partial charge in [-0.3, -0.25) is 9.59 Å². The van der Waals surface area contributed by atoms with E-state index in [1.165, 1.54) is 0 Å². The first-order chi connectivity index (χ1) is 15.6. The molecular formula is C25H26N4O3. The molecule has 0 radical (unpaired) electrons. The van der Waals surface area contributed by atoms with Crippen LogP contribution in [0.3, 0.4) is 0 Å². The smallest absolute Gasteiger partial charge is 0.270 e. The molecule has 2 heterocycles. The Morgan fingerprint density at radius 3 is 2.59 bits per heavy atom. The summed E-state index contributed by atoms with van der Waals surface area (Å²) in [6, 6.07) is 18.6. The van der Waals surface area contributed by atoms with Crippen LogP contribution < -0.4 is 10.6 Å². The zero-order chi connectivity index (χ0) is 22.5. The molecule has 0 fully saturated rings. The van der Waals surface area contributed by atoms with Crippen LogP contribution in [0.15, 0.2) is 60.7 Å². The minimum absolute atomic E-state index is 0.260. The van der Waals surface area contributed by atoms with Crippen molar-refractivity contribution in [2.75, 3.05) is 20.3 Å². The zero-order valence-electron chi connectivity index (χ0n) is 18.1. The van der Waals surface area contributed by atoms with Crippen molar-refractivity contribution >= 4 is 33.6 Å². The maximum absolute atomic E-state index is 13.1. The number of carbonyl (C=O) groups excluding carboxylic acids is 2. The summed E-state index contributed by atoms with van der Waals surface area (Å²) < 4.78 is 5.01. The highest BCUT2D eigenvalue weighted by Crippen LogP contribution is 2.27. The van der Waals surface area contributed by atoms with Gasteiger partial charge in [-0.1, -0.05) is 48.5 Å². The number of aromatic amines is 1. The molecule has 164 valence electrons. The molecule has 4 aromatic rings. The number of nitrogens with one attached hydrogen (secondary N) is 3. The summed E-state index contributed by atoms with van der Waals surface area (Å²) in [5, 5.41) is 7.65. The minimum Gasteiger partial charge on any atom is -0.383 e. The van der Waals surface area contributed by atoms with Crippen LogP contribution in [0.4, 0.5) is 0 Å². The highest BCUT2D eigenvalue weighted by molar-refractivity contribution is 6.10. The lowest BCUT2D eigenvalue weighted by atomic mass is 10.0. The Hall–Kier alpha value is -3.71. The second-order valence-corrected chi connectivity index (χ2v) is 7.69. The van der Waals surface area contributed by atoms with Crippen molar-refractivity contribution < 1.29 is 14.3 Å². The van der Waals surface area contributed by atoms with E-state index in [1.807, 2.05) is 61.5 Å². The van der Waals surface area contributed by atoms with Gasteiger partial charge in [0.2, 0.25) is 5.91 Å². The molecule has 0 aliphatic carbocycles. The fourth-order valence-electron chi connectivity index (χ4n) is 3.81. The molecule has 0 saturated heterocycles. The van der Waals surface area contributed by atoms with Gasteiger partial charge < -0.3 is 20.4 Å². The largest absolute Gasteiger partial charge is 0.383 e. The van der Waals surface area contributed by atoms with Gasteiger partial charge in [0, 0.05) is 36.4 Å². The monoisotopic (exact) mass is 430 g/mol. The van der Waals surface area contributed by atoms with Gasteiger partial charge in [-0.2, -0.15) is 0 Å². The van der Waals surface area contributed by atoms with Gasteiger partial charge in [0.15, 0.2) is 0 Å². The average molecular weight is 431 g/mol. The van der Waals surface area contributed by atoms with Gasteiger partial charge in [0.1, 0.15) is 11.7 Å². The van der Waals surface area contributed by atoms with E-state index in [2.05, 4.69) is 20.6 Å². The SMILES string of the molecule is COCCNC(=O)C(Cc1ccccc1)NC(=O)c1cc2c([nH]c3ccccc32)c(C)n1. The van der Waals surface area contributed by atoms with Crippen molar-refractivity contribution in [1.29, 1.82) is 0 Å². The zero-order valence-corrected chi connectivity index (χ0v) is 18.1.